The second-order valence-electron chi connectivity index (χ2n) is 12.7. The first-order chi connectivity index (χ1) is 23.1. The Hall–Kier alpha value is -2.80. The number of carboxylic acids is 1. The fourth-order valence-electron chi connectivity index (χ4n) is 6.03. The van der Waals surface area contributed by atoms with E-state index in [0.717, 1.165) is 12.2 Å². The zero-order valence-electron chi connectivity index (χ0n) is 27.6. The lowest BCUT2D eigenvalue weighted by Gasteiger charge is -2.45. The van der Waals surface area contributed by atoms with Crippen LogP contribution in [0.1, 0.15) is 46.0 Å². The lowest BCUT2D eigenvalue weighted by atomic mass is 9.82. The monoisotopic (exact) mass is 697 g/mol. The average molecular weight is 698 g/mol. The van der Waals surface area contributed by atoms with Crippen LogP contribution >= 0.6 is 0 Å². The molecule has 10 N–H and O–H groups in total. The zero-order chi connectivity index (χ0) is 36.3. The molecular formula is C34H51NO14. The van der Waals surface area contributed by atoms with Crippen LogP contribution in [0.5, 0.6) is 0 Å². The number of nitrogens with two attached hydrogens (primary N) is 1. The first-order valence-corrected chi connectivity index (χ1v) is 16.4. The highest BCUT2D eigenvalue weighted by molar-refractivity contribution is 5.82. The molecule has 276 valence electrons. The van der Waals surface area contributed by atoms with Crippen molar-refractivity contribution in [2.24, 2.45) is 17.6 Å². The molecule has 0 spiro atoms. The fraction of sp³-hybridized carbons (Fsp3) is 0.647. The predicted octanol–water partition coefficient (Wildman–Crippen LogP) is -0.678. The number of carbonyl (C=O) groups is 2. The first-order valence-electron chi connectivity index (χ1n) is 16.4. The summed E-state index contributed by atoms with van der Waals surface area (Å²) in [6, 6.07) is -1.09. The van der Waals surface area contributed by atoms with Gasteiger partial charge in [-0.05, 0) is 19.4 Å². The minimum atomic E-state index is -2.26. The number of aliphatic hydroxyl groups excluding tert-OH is 6. The van der Waals surface area contributed by atoms with E-state index in [1.54, 1.807) is 43.4 Å². The Labute approximate surface area is 285 Å². The summed E-state index contributed by atoms with van der Waals surface area (Å²) in [5.74, 6) is -6.08. The fourth-order valence-corrected chi connectivity index (χ4v) is 6.03. The molecule has 2 fully saturated rings. The Morgan fingerprint density at radius 3 is 2.24 bits per heavy atom. The van der Waals surface area contributed by atoms with Gasteiger partial charge in [0.05, 0.1) is 55.4 Å². The van der Waals surface area contributed by atoms with Gasteiger partial charge >= 0.3 is 11.9 Å². The molecule has 3 aliphatic heterocycles. The molecule has 3 aliphatic rings. The van der Waals surface area contributed by atoms with Crippen molar-refractivity contribution in [3.63, 3.8) is 0 Å². The molecule has 3 rings (SSSR count). The van der Waals surface area contributed by atoms with Gasteiger partial charge in [-0.3, -0.25) is 4.79 Å². The summed E-state index contributed by atoms with van der Waals surface area (Å²) in [5, 5.41) is 84.3. The van der Waals surface area contributed by atoms with Crippen molar-refractivity contribution in [2.75, 3.05) is 6.61 Å². The maximum atomic E-state index is 12.4. The number of hydrogen-bond acceptors (Lipinski definition) is 14. The third-order valence-electron chi connectivity index (χ3n) is 8.83. The minimum Gasteiger partial charge on any atom is -0.481 e. The summed E-state index contributed by atoms with van der Waals surface area (Å²) in [4.78, 5) is 24.6. The standard InChI is InChI=1S/C34H51NO14/c1-3-20-10-8-6-4-5-7-9-11-22(48-33-31(42)30(35)26(40)18-46-33)15-27-29(32(43)44)25(39)17-34(45,49-27)16-21(36)14-24(38)23(37)12-13-28(41)47-19(20)2/h4-13,19-27,29-31,33,36-40,42,45H,3,14-18,35H2,1-2H3,(H,43,44)/b6-4+,7-5+,10-8+,11-9+,13-12+/t19-,20+,21+,22+,23-,24-,25+,26-,27+,29-,30+,31-,33+,34-/m1/s1. The molecule has 0 aromatic rings. The van der Waals surface area contributed by atoms with Gasteiger partial charge in [-0.1, -0.05) is 55.5 Å². The number of fused-ring (bicyclic) bond motifs is 2. The van der Waals surface area contributed by atoms with Crippen molar-refractivity contribution < 1.29 is 69.4 Å². The summed E-state index contributed by atoms with van der Waals surface area (Å²) in [5.41, 5.74) is 5.88. The van der Waals surface area contributed by atoms with Crippen LogP contribution < -0.4 is 5.73 Å². The number of hydrogen-bond donors (Lipinski definition) is 9. The van der Waals surface area contributed by atoms with Crippen molar-refractivity contribution in [1.82, 2.24) is 0 Å². The van der Waals surface area contributed by atoms with Crippen molar-refractivity contribution in [1.29, 1.82) is 0 Å². The van der Waals surface area contributed by atoms with E-state index in [1.165, 1.54) is 6.08 Å². The highest BCUT2D eigenvalue weighted by atomic mass is 16.7. The molecule has 0 saturated carbocycles. The van der Waals surface area contributed by atoms with E-state index in [1.807, 2.05) is 13.0 Å². The van der Waals surface area contributed by atoms with E-state index in [0.29, 0.717) is 6.42 Å². The minimum absolute atomic E-state index is 0.118. The quantitative estimate of drug-likeness (QED) is 0.165. The highest BCUT2D eigenvalue weighted by Crippen LogP contribution is 2.38. The number of esters is 1. The molecule has 0 aromatic heterocycles. The van der Waals surface area contributed by atoms with Crippen LogP contribution in [-0.2, 0) is 28.5 Å². The lowest BCUT2D eigenvalue weighted by Crippen LogP contribution is -2.59. The van der Waals surface area contributed by atoms with Crippen LogP contribution in [0.15, 0.2) is 60.8 Å². The molecule has 0 unspecified atom stereocenters. The van der Waals surface area contributed by atoms with Crippen molar-refractivity contribution >= 4 is 11.9 Å². The van der Waals surface area contributed by atoms with Gasteiger partial charge in [0.1, 0.15) is 18.1 Å². The first kappa shape index (κ1) is 40.6. The number of rotatable bonds is 4. The summed E-state index contributed by atoms with van der Waals surface area (Å²) in [6.45, 7) is 3.43. The van der Waals surface area contributed by atoms with Crippen LogP contribution in [0.3, 0.4) is 0 Å². The SMILES string of the molecule is CC[C@H]1/C=C/C=C/C=C/C=C/[C@H](O[C@@H]2OC[C@@H](O)[C@H](N)[C@H]2O)C[C@@H]2O[C@](O)(C[C@@H](O)C[C@@H](O)[C@H](O)/C=C/C(=O)O[C@@H]1C)C[C@H](O)[C@H]2C(=O)O. The Morgan fingerprint density at radius 1 is 0.939 bits per heavy atom. The smallest absolute Gasteiger partial charge is 0.330 e. The van der Waals surface area contributed by atoms with Gasteiger partial charge in [0.25, 0.3) is 0 Å². The summed E-state index contributed by atoms with van der Waals surface area (Å²) in [6.07, 6.45) is 1.19. The van der Waals surface area contributed by atoms with Gasteiger partial charge in [0.15, 0.2) is 12.1 Å². The van der Waals surface area contributed by atoms with E-state index in [-0.39, 0.29) is 18.9 Å². The average Bonchev–Trinajstić information content (AvgIpc) is 3.01. The van der Waals surface area contributed by atoms with Crippen molar-refractivity contribution in [3.05, 3.63) is 60.8 Å². The van der Waals surface area contributed by atoms with Gasteiger partial charge < -0.3 is 65.5 Å². The molecule has 49 heavy (non-hydrogen) atoms. The highest BCUT2D eigenvalue weighted by Gasteiger charge is 2.50. The maximum Gasteiger partial charge on any atom is 0.330 e. The Morgan fingerprint density at radius 2 is 1.59 bits per heavy atom. The van der Waals surface area contributed by atoms with Crippen LogP contribution in [-0.4, -0.2) is 132 Å². The van der Waals surface area contributed by atoms with Crippen LogP contribution in [0.4, 0.5) is 0 Å². The number of carboxylic acid groups (broad SMARTS) is 1. The third kappa shape index (κ3) is 12.2. The van der Waals surface area contributed by atoms with Gasteiger partial charge in [-0.15, -0.1) is 0 Å². The van der Waals surface area contributed by atoms with Gasteiger partial charge in [-0.2, -0.15) is 0 Å². The second kappa shape index (κ2) is 19.0. The zero-order valence-corrected chi connectivity index (χ0v) is 27.6. The van der Waals surface area contributed by atoms with Gasteiger partial charge in [0, 0.05) is 37.7 Å². The van der Waals surface area contributed by atoms with E-state index in [2.05, 4.69) is 0 Å². The van der Waals surface area contributed by atoms with Crippen molar-refractivity contribution in [2.45, 2.75) is 119 Å². The van der Waals surface area contributed by atoms with Crippen LogP contribution in [0.25, 0.3) is 0 Å². The number of cyclic esters (lactones) is 1. The summed E-state index contributed by atoms with van der Waals surface area (Å²) >= 11 is 0. The van der Waals surface area contributed by atoms with Crippen molar-refractivity contribution in [3.8, 4) is 0 Å². The number of aliphatic hydroxyl groups is 7. The normalized spacial score (nSPS) is 45.2. The molecule has 0 aromatic carbocycles. The largest absolute Gasteiger partial charge is 0.481 e. The van der Waals surface area contributed by atoms with E-state index >= 15 is 0 Å². The number of aliphatic carboxylic acids is 1. The van der Waals surface area contributed by atoms with E-state index < -0.39 is 110 Å². The van der Waals surface area contributed by atoms with Gasteiger partial charge in [-0.25, -0.2) is 4.79 Å². The molecule has 15 nitrogen and oxygen atoms in total. The predicted molar refractivity (Wildman–Crippen MR) is 173 cm³/mol. The molecule has 0 radical (unpaired) electrons. The summed E-state index contributed by atoms with van der Waals surface area (Å²) in [7, 11) is 0. The molecule has 14 atom stereocenters. The van der Waals surface area contributed by atoms with Crippen LogP contribution in [0, 0.1) is 11.8 Å². The van der Waals surface area contributed by atoms with E-state index in [4.69, 9.17) is 24.7 Å². The summed E-state index contributed by atoms with van der Waals surface area (Å²) < 4.78 is 22.7. The molecule has 2 bridgehead atoms. The molecule has 2 saturated heterocycles. The number of carbonyl (C=O) groups excluding carboxylic acids is 1. The van der Waals surface area contributed by atoms with Crippen LogP contribution in [0.2, 0.25) is 0 Å². The number of ether oxygens (including phenoxy) is 4. The molecule has 3 heterocycles. The Kier molecular flexibility index (Phi) is 15.7. The molecule has 0 aliphatic carbocycles. The maximum absolute atomic E-state index is 12.4. The number of allylic oxidation sites excluding steroid dienone is 6. The third-order valence-corrected chi connectivity index (χ3v) is 8.83. The molecule has 0 amide bonds. The second-order valence-corrected chi connectivity index (χ2v) is 12.7. The van der Waals surface area contributed by atoms with E-state index in [9.17, 15) is 50.4 Å². The van der Waals surface area contributed by atoms with Gasteiger partial charge in [0.2, 0.25) is 0 Å². The Balaban J connectivity index is 1.94. The topological polar surface area (TPSA) is 259 Å². The lowest BCUT2D eigenvalue weighted by molar-refractivity contribution is -0.305. The molecule has 15 heteroatoms. The Bertz CT molecular complexity index is 1220. The molecular weight excluding hydrogens is 646 g/mol.